The van der Waals surface area contributed by atoms with Crippen molar-refractivity contribution in [1.82, 2.24) is 10.2 Å². The molecule has 1 aromatic rings. The maximum absolute atomic E-state index is 12.4. The molecule has 0 saturated carbocycles. The molecule has 3 rings (SSSR count). The number of benzene rings is 1. The Morgan fingerprint density at radius 3 is 2.71 bits per heavy atom. The van der Waals surface area contributed by atoms with Gasteiger partial charge in [0.05, 0.1) is 5.92 Å². The summed E-state index contributed by atoms with van der Waals surface area (Å²) in [5.74, 6) is -1.96. The SMILES string of the molecule is O=C1CC[C@@H](C(=O)N2Cc3ccccc3C(C(=O)O)C2)N1. The molecule has 2 heterocycles. The lowest BCUT2D eigenvalue weighted by molar-refractivity contribution is -0.142. The molecule has 1 aromatic carbocycles. The number of hydrogen-bond acceptors (Lipinski definition) is 3. The predicted molar refractivity (Wildman–Crippen MR) is 73.4 cm³/mol. The Balaban J connectivity index is 1.84. The molecule has 2 aliphatic rings. The Kier molecular flexibility index (Phi) is 3.37. The number of carbonyl (C=O) groups excluding carboxylic acids is 2. The van der Waals surface area contributed by atoms with Gasteiger partial charge >= 0.3 is 5.97 Å². The second-order valence-corrected chi connectivity index (χ2v) is 5.47. The molecule has 0 bridgehead atoms. The quantitative estimate of drug-likeness (QED) is 0.828. The molecule has 1 unspecified atom stereocenters. The summed E-state index contributed by atoms with van der Waals surface area (Å²) in [6.45, 7) is 0.544. The topological polar surface area (TPSA) is 86.7 Å². The summed E-state index contributed by atoms with van der Waals surface area (Å²) in [5.41, 5.74) is 1.62. The Morgan fingerprint density at radius 2 is 2.05 bits per heavy atom. The zero-order valence-corrected chi connectivity index (χ0v) is 11.4. The highest BCUT2D eigenvalue weighted by Gasteiger charge is 2.36. The number of rotatable bonds is 2. The number of nitrogens with one attached hydrogen (secondary N) is 1. The zero-order chi connectivity index (χ0) is 15.0. The maximum Gasteiger partial charge on any atom is 0.312 e. The van der Waals surface area contributed by atoms with Crippen molar-refractivity contribution in [3.05, 3.63) is 35.4 Å². The summed E-state index contributed by atoms with van der Waals surface area (Å²) in [7, 11) is 0. The smallest absolute Gasteiger partial charge is 0.312 e. The lowest BCUT2D eigenvalue weighted by Crippen LogP contribution is -2.48. The lowest BCUT2D eigenvalue weighted by atomic mass is 9.89. The van der Waals surface area contributed by atoms with E-state index in [9.17, 15) is 19.5 Å². The van der Waals surface area contributed by atoms with Crippen LogP contribution in [-0.4, -0.2) is 40.4 Å². The number of amides is 2. The number of nitrogens with zero attached hydrogens (tertiary/aromatic N) is 1. The molecular weight excluding hydrogens is 272 g/mol. The minimum atomic E-state index is -0.935. The number of carbonyl (C=O) groups is 3. The predicted octanol–water partition coefficient (Wildman–Crippen LogP) is 0.476. The average Bonchev–Trinajstić information content (AvgIpc) is 2.91. The van der Waals surface area contributed by atoms with Gasteiger partial charge < -0.3 is 15.3 Å². The van der Waals surface area contributed by atoms with E-state index in [1.54, 1.807) is 6.07 Å². The van der Waals surface area contributed by atoms with Crippen molar-refractivity contribution in [1.29, 1.82) is 0 Å². The third-order valence-corrected chi connectivity index (χ3v) is 4.10. The average molecular weight is 288 g/mol. The molecule has 2 atom stereocenters. The number of hydrogen-bond donors (Lipinski definition) is 2. The molecule has 2 aliphatic heterocycles. The molecule has 1 saturated heterocycles. The summed E-state index contributed by atoms with van der Waals surface area (Å²) < 4.78 is 0. The molecule has 0 spiro atoms. The van der Waals surface area contributed by atoms with E-state index in [4.69, 9.17) is 0 Å². The standard InChI is InChI=1S/C15H16N2O4/c18-13-6-5-12(16-13)14(19)17-7-9-3-1-2-4-10(9)11(8-17)15(20)21/h1-4,11-12H,5-8H2,(H,16,18)(H,20,21)/t11?,12-/m0/s1. The molecule has 2 N–H and O–H groups in total. The highest BCUT2D eigenvalue weighted by atomic mass is 16.4. The van der Waals surface area contributed by atoms with Crippen LogP contribution in [0.15, 0.2) is 24.3 Å². The molecule has 6 heteroatoms. The molecule has 21 heavy (non-hydrogen) atoms. The number of carboxylic acids is 1. The molecule has 0 radical (unpaired) electrons. The van der Waals surface area contributed by atoms with Crippen molar-refractivity contribution >= 4 is 17.8 Å². The van der Waals surface area contributed by atoms with Crippen molar-refractivity contribution in [2.24, 2.45) is 0 Å². The Labute approximate surface area is 121 Å². The third kappa shape index (κ3) is 2.49. The van der Waals surface area contributed by atoms with Crippen molar-refractivity contribution in [3.8, 4) is 0 Å². The van der Waals surface area contributed by atoms with E-state index < -0.39 is 17.9 Å². The summed E-state index contributed by atoms with van der Waals surface area (Å²) >= 11 is 0. The monoisotopic (exact) mass is 288 g/mol. The van der Waals surface area contributed by atoms with Gasteiger partial charge in [0.15, 0.2) is 0 Å². The van der Waals surface area contributed by atoms with Crippen molar-refractivity contribution in [2.75, 3.05) is 6.54 Å². The first-order valence-corrected chi connectivity index (χ1v) is 6.95. The van der Waals surface area contributed by atoms with Crippen LogP contribution in [0.5, 0.6) is 0 Å². The van der Waals surface area contributed by atoms with Gasteiger partial charge in [-0.2, -0.15) is 0 Å². The van der Waals surface area contributed by atoms with Gasteiger partial charge in [-0.25, -0.2) is 0 Å². The number of aliphatic carboxylic acids is 1. The van der Waals surface area contributed by atoms with Gasteiger partial charge in [-0.05, 0) is 17.5 Å². The van der Waals surface area contributed by atoms with Crippen LogP contribution >= 0.6 is 0 Å². The van der Waals surface area contributed by atoms with E-state index in [0.717, 1.165) is 11.1 Å². The Hall–Kier alpha value is -2.37. The molecule has 2 amide bonds. The van der Waals surface area contributed by atoms with Crippen molar-refractivity contribution < 1.29 is 19.5 Å². The van der Waals surface area contributed by atoms with E-state index in [2.05, 4.69) is 5.32 Å². The number of carboxylic acid groups (broad SMARTS) is 1. The first kappa shape index (κ1) is 13.6. The van der Waals surface area contributed by atoms with Crippen LogP contribution < -0.4 is 5.32 Å². The Bertz CT molecular complexity index is 613. The normalized spacial score (nSPS) is 24.4. The first-order chi connectivity index (χ1) is 10.1. The summed E-state index contributed by atoms with van der Waals surface area (Å²) in [6, 6.07) is 6.77. The van der Waals surface area contributed by atoms with E-state index in [1.807, 2.05) is 18.2 Å². The summed E-state index contributed by atoms with van der Waals surface area (Å²) in [6.07, 6.45) is 0.830. The van der Waals surface area contributed by atoms with Gasteiger partial charge in [0, 0.05) is 19.5 Å². The third-order valence-electron chi connectivity index (χ3n) is 4.10. The molecular formula is C15H16N2O4. The van der Waals surface area contributed by atoms with Gasteiger partial charge in [-0.15, -0.1) is 0 Å². The van der Waals surface area contributed by atoms with Crippen LogP contribution in [0.4, 0.5) is 0 Å². The summed E-state index contributed by atoms with van der Waals surface area (Å²) in [5, 5.41) is 12.0. The molecule has 0 aliphatic carbocycles. The van der Waals surface area contributed by atoms with Crippen LogP contribution in [0, 0.1) is 0 Å². The minimum absolute atomic E-state index is 0.124. The Morgan fingerprint density at radius 1 is 1.29 bits per heavy atom. The fourth-order valence-corrected chi connectivity index (χ4v) is 3.01. The highest BCUT2D eigenvalue weighted by molar-refractivity contribution is 5.91. The van der Waals surface area contributed by atoms with Crippen LogP contribution in [0.25, 0.3) is 0 Å². The van der Waals surface area contributed by atoms with E-state index in [0.29, 0.717) is 19.4 Å². The van der Waals surface area contributed by atoms with Crippen molar-refractivity contribution in [3.63, 3.8) is 0 Å². The van der Waals surface area contributed by atoms with Gasteiger partial charge in [-0.3, -0.25) is 14.4 Å². The van der Waals surface area contributed by atoms with Crippen LogP contribution in [0.1, 0.15) is 29.9 Å². The second kappa shape index (κ2) is 5.20. The lowest BCUT2D eigenvalue weighted by Gasteiger charge is -2.34. The van der Waals surface area contributed by atoms with Gasteiger partial charge in [-0.1, -0.05) is 24.3 Å². The van der Waals surface area contributed by atoms with E-state index in [1.165, 1.54) is 4.90 Å². The van der Waals surface area contributed by atoms with Crippen LogP contribution in [0.2, 0.25) is 0 Å². The van der Waals surface area contributed by atoms with Gasteiger partial charge in [0.2, 0.25) is 11.8 Å². The zero-order valence-electron chi connectivity index (χ0n) is 11.4. The fourth-order valence-electron chi connectivity index (χ4n) is 3.01. The van der Waals surface area contributed by atoms with Gasteiger partial charge in [0.1, 0.15) is 6.04 Å². The van der Waals surface area contributed by atoms with Crippen LogP contribution in [0.3, 0.4) is 0 Å². The van der Waals surface area contributed by atoms with Crippen molar-refractivity contribution in [2.45, 2.75) is 31.3 Å². The fraction of sp³-hybridized carbons (Fsp3) is 0.400. The largest absolute Gasteiger partial charge is 0.481 e. The van der Waals surface area contributed by atoms with Crippen LogP contribution in [-0.2, 0) is 20.9 Å². The highest BCUT2D eigenvalue weighted by Crippen LogP contribution is 2.29. The second-order valence-electron chi connectivity index (χ2n) is 5.47. The molecule has 1 fully saturated rings. The number of fused-ring (bicyclic) bond motifs is 1. The maximum atomic E-state index is 12.4. The molecule has 6 nitrogen and oxygen atoms in total. The van der Waals surface area contributed by atoms with E-state index in [-0.39, 0.29) is 18.4 Å². The molecule has 0 aromatic heterocycles. The first-order valence-electron chi connectivity index (χ1n) is 6.95. The van der Waals surface area contributed by atoms with E-state index >= 15 is 0 Å². The summed E-state index contributed by atoms with van der Waals surface area (Å²) in [4.78, 5) is 36.7. The van der Waals surface area contributed by atoms with Gasteiger partial charge in [0.25, 0.3) is 0 Å². The minimum Gasteiger partial charge on any atom is -0.481 e. The molecule has 110 valence electrons.